The van der Waals surface area contributed by atoms with Crippen LogP contribution in [0.15, 0.2) is 24.3 Å². The van der Waals surface area contributed by atoms with E-state index in [9.17, 15) is 19.7 Å². The molecule has 3 aliphatic rings. The molecular formula is C17H16N2O4. The van der Waals surface area contributed by atoms with Gasteiger partial charge in [-0.25, -0.2) is 4.90 Å². The molecule has 2 bridgehead atoms. The summed E-state index contributed by atoms with van der Waals surface area (Å²) in [6, 6.07) is 3.02. The molecule has 4 atom stereocenters. The number of carbonyl (C=O) groups is 2. The quantitative estimate of drug-likeness (QED) is 0.364. The summed E-state index contributed by atoms with van der Waals surface area (Å²) in [6.07, 6.45) is 4.86. The predicted octanol–water partition coefficient (Wildman–Crippen LogP) is 2.52. The fourth-order valence-corrected chi connectivity index (χ4v) is 4.25. The van der Waals surface area contributed by atoms with Gasteiger partial charge in [0.25, 0.3) is 5.69 Å². The molecule has 0 spiro atoms. The number of nitro groups is 1. The van der Waals surface area contributed by atoms with E-state index in [0.717, 1.165) is 22.4 Å². The van der Waals surface area contributed by atoms with Gasteiger partial charge in [0.05, 0.1) is 16.8 Å². The molecule has 23 heavy (non-hydrogen) atoms. The average Bonchev–Trinajstić information content (AvgIpc) is 3.16. The maximum absolute atomic E-state index is 12.8. The van der Waals surface area contributed by atoms with Crippen molar-refractivity contribution in [2.45, 2.75) is 20.3 Å². The van der Waals surface area contributed by atoms with Crippen LogP contribution in [-0.2, 0) is 9.59 Å². The normalized spacial score (nSPS) is 31.1. The molecule has 0 unspecified atom stereocenters. The Labute approximate surface area is 132 Å². The van der Waals surface area contributed by atoms with E-state index in [4.69, 9.17) is 0 Å². The van der Waals surface area contributed by atoms with E-state index >= 15 is 0 Å². The number of amides is 2. The molecule has 1 aromatic carbocycles. The average molecular weight is 312 g/mol. The van der Waals surface area contributed by atoms with Gasteiger partial charge in [-0.05, 0) is 49.3 Å². The van der Waals surface area contributed by atoms with Crippen LogP contribution in [0, 0.1) is 47.6 Å². The number of nitrogens with zero attached hydrogens (tertiary/aromatic N) is 2. The second kappa shape index (κ2) is 4.50. The predicted molar refractivity (Wildman–Crippen MR) is 82.8 cm³/mol. The first kappa shape index (κ1) is 14.1. The van der Waals surface area contributed by atoms with Crippen LogP contribution >= 0.6 is 0 Å². The second-order valence-corrected chi connectivity index (χ2v) is 6.69. The van der Waals surface area contributed by atoms with Crippen molar-refractivity contribution in [1.82, 2.24) is 0 Å². The summed E-state index contributed by atoms with van der Waals surface area (Å²) in [5, 5.41) is 11.4. The maximum atomic E-state index is 12.8. The number of aryl methyl sites for hydroxylation is 2. The van der Waals surface area contributed by atoms with E-state index in [2.05, 4.69) is 0 Å². The lowest BCUT2D eigenvalue weighted by Gasteiger charge is -2.18. The molecule has 2 fully saturated rings. The Morgan fingerprint density at radius 3 is 2.09 bits per heavy atom. The second-order valence-electron chi connectivity index (χ2n) is 6.69. The smallest absolute Gasteiger partial charge is 0.274 e. The lowest BCUT2D eigenvalue weighted by molar-refractivity contribution is -0.384. The number of carbonyl (C=O) groups excluding carboxylic acids is 2. The number of allylic oxidation sites excluding steroid dienone is 2. The molecule has 0 N–H and O–H groups in total. The molecule has 0 radical (unpaired) electrons. The minimum absolute atomic E-state index is 0.0945. The van der Waals surface area contributed by atoms with Crippen molar-refractivity contribution in [2.24, 2.45) is 23.7 Å². The standard InChI is InChI=1S/C17H16N2O4/c1-8-5-12(13(19(22)23)6-9(8)2)18-16(20)14-10-3-4-11(7-10)15(14)17(18)21/h3-6,10-11,14-15H,7H2,1-2H3/t10-,11+,14-,15+. The van der Waals surface area contributed by atoms with Crippen LogP contribution in [0.3, 0.4) is 0 Å². The van der Waals surface area contributed by atoms with Gasteiger partial charge >= 0.3 is 0 Å². The van der Waals surface area contributed by atoms with Crippen molar-refractivity contribution in [1.29, 1.82) is 0 Å². The van der Waals surface area contributed by atoms with Gasteiger partial charge < -0.3 is 0 Å². The van der Waals surface area contributed by atoms with Gasteiger partial charge in [-0.2, -0.15) is 0 Å². The Kier molecular flexibility index (Phi) is 2.76. The third-order valence-electron chi connectivity index (χ3n) is 5.50. The van der Waals surface area contributed by atoms with Crippen molar-refractivity contribution < 1.29 is 14.5 Å². The highest BCUT2D eigenvalue weighted by Crippen LogP contribution is 2.54. The van der Waals surface area contributed by atoms with E-state index in [1.165, 1.54) is 6.07 Å². The molecular weight excluding hydrogens is 296 g/mol. The summed E-state index contributed by atoms with van der Waals surface area (Å²) in [5.41, 5.74) is 1.52. The molecule has 2 amide bonds. The molecule has 1 saturated heterocycles. The first-order valence-electron chi connectivity index (χ1n) is 7.72. The maximum Gasteiger partial charge on any atom is 0.293 e. The van der Waals surface area contributed by atoms with Crippen LogP contribution < -0.4 is 4.90 Å². The Balaban J connectivity index is 1.84. The van der Waals surface area contributed by atoms with E-state index in [1.807, 2.05) is 19.1 Å². The van der Waals surface area contributed by atoms with Gasteiger partial charge in [-0.3, -0.25) is 19.7 Å². The lowest BCUT2D eigenvalue weighted by atomic mass is 9.85. The largest absolute Gasteiger partial charge is 0.293 e. The number of benzene rings is 1. The molecule has 1 saturated carbocycles. The Morgan fingerprint density at radius 1 is 1.04 bits per heavy atom. The third kappa shape index (κ3) is 1.75. The summed E-state index contributed by atoms with van der Waals surface area (Å²) < 4.78 is 0. The topological polar surface area (TPSA) is 80.5 Å². The number of hydrogen-bond acceptors (Lipinski definition) is 4. The monoisotopic (exact) mass is 312 g/mol. The van der Waals surface area contributed by atoms with Crippen molar-refractivity contribution >= 4 is 23.2 Å². The minimum atomic E-state index is -0.525. The summed E-state index contributed by atoms with van der Waals surface area (Å²) in [6.45, 7) is 3.60. The van der Waals surface area contributed by atoms with Crippen LogP contribution in [0.2, 0.25) is 0 Å². The first-order valence-corrected chi connectivity index (χ1v) is 7.72. The first-order chi connectivity index (χ1) is 10.9. The molecule has 6 nitrogen and oxygen atoms in total. The lowest BCUT2D eigenvalue weighted by Crippen LogP contribution is -2.33. The van der Waals surface area contributed by atoms with Crippen LogP contribution in [-0.4, -0.2) is 16.7 Å². The molecule has 2 aliphatic carbocycles. The molecule has 4 rings (SSSR count). The summed E-state index contributed by atoms with van der Waals surface area (Å²) in [7, 11) is 0. The Bertz CT molecular complexity index is 768. The number of nitro benzene ring substituents is 1. The van der Waals surface area contributed by atoms with E-state index in [-0.39, 0.29) is 46.9 Å². The number of imide groups is 1. The van der Waals surface area contributed by atoms with Crippen LogP contribution in [0.25, 0.3) is 0 Å². The highest BCUT2D eigenvalue weighted by Gasteiger charge is 2.60. The van der Waals surface area contributed by atoms with Gasteiger partial charge in [0.1, 0.15) is 5.69 Å². The van der Waals surface area contributed by atoms with Crippen molar-refractivity contribution in [3.05, 3.63) is 45.5 Å². The summed E-state index contributed by atoms with van der Waals surface area (Å²) >= 11 is 0. The van der Waals surface area contributed by atoms with Crippen molar-refractivity contribution in [2.75, 3.05) is 4.90 Å². The summed E-state index contributed by atoms with van der Waals surface area (Å²) in [5.74, 6) is -1.09. The number of rotatable bonds is 2. The molecule has 1 aromatic rings. The molecule has 1 aliphatic heterocycles. The third-order valence-corrected chi connectivity index (χ3v) is 5.50. The fraction of sp³-hybridized carbons (Fsp3) is 0.412. The number of hydrogen-bond donors (Lipinski definition) is 0. The number of fused-ring (bicyclic) bond motifs is 5. The Morgan fingerprint density at radius 2 is 1.57 bits per heavy atom. The van der Waals surface area contributed by atoms with Gasteiger partial charge in [0, 0.05) is 6.07 Å². The highest BCUT2D eigenvalue weighted by molar-refractivity contribution is 6.23. The van der Waals surface area contributed by atoms with Gasteiger partial charge in [0.2, 0.25) is 11.8 Å². The zero-order chi connectivity index (χ0) is 16.5. The summed E-state index contributed by atoms with van der Waals surface area (Å²) in [4.78, 5) is 37.5. The van der Waals surface area contributed by atoms with Crippen LogP contribution in [0.4, 0.5) is 11.4 Å². The minimum Gasteiger partial charge on any atom is -0.274 e. The van der Waals surface area contributed by atoms with E-state index < -0.39 is 4.92 Å². The number of anilines is 1. The fourth-order valence-electron chi connectivity index (χ4n) is 4.25. The molecule has 0 aromatic heterocycles. The molecule has 118 valence electrons. The van der Waals surface area contributed by atoms with Gasteiger partial charge in [-0.15, -0.1) is 0 Å². The van der Waals surface area contributed by atoms with Crippen LogP contribution in [0.1, 0.15) is 17.5 Å². The van der Waals surface area contributed by atoms with Crippen LogP contribution in [0.5, 0.6) is 0 Å². The van der Waals surface area contributed by atoms with Gasteiger partial charge in [-0.1, -0.05) is 12.2 Å². The van der Waals surface area contributed by atoms with E-state index in [1.54, 1.807) is 13.0 Å². The van der Waals surface area contributed by atoms with Gasteiger partial charge in [0.15, 0.2) is 0 Å². The zero-order valence-electron chi connectivity index (χ0n) is 12.9. The molecule has 6 heteroatoms. The Hall–Kier alpha value is -2.50. The SMILES string of the molecule is Cc1cc(N2C(=O)[C@@H]3[C@H](C2=O)[C@@H]2C=C[C@H]3C2)c([N+](=O)[O-])cc1C. The van der Waals surface area contributed by atoms with Crippen molar-refractivity contribution in [3.8, 4) is 0 Å². The highest BCUT2D eigenvalue weighted by atomic mass is 16.6. The molecule has 1 heterocycles. The zero-order valence-corrected chi connectivity index (χ0v) is 12.9. The van der Waals surface area contributed by atoms with E-state index in [0.29, 0.717) is 0 Å². The van der Waals surface area contributed by atoms with Crippen molar-refractivity contribution in [3.63, 3.8) is 0 Å².